The molecule has 0 saturated carbocycles. The molecule has 3 rings (SSSR count). The molecule has 27 heavy (non-hydrogen) atoms. The maximum Gasteiger partial charge on any atom is 0.338 e. The average molecular weight is 366 g/mol. The monoisotopic (exact) mass is 366 g/mol. The number of nitrogens with zero attached hydrogens (tertiary/aromatic N) is 1. The molecule has 0 aromatic heterocycles. The summed E-state index contributed by atoms with van der Waals surface area (Å²) in [6.07, 6.45) is 0.164. The Morgan fingerprint density at radius 1 is 1.19 bits per heavy atom. The van der Waals surface area contributed by atoms with Crippen molar-refractivity contribution in [2.45, 2.75) is 20.3 Å². The van der Waals surface area contributed by atoms with E-state index < -0.39 is 11.9 Å². The minimum Gasteiger partial charge on any atom is -0.462 e. The Labute approximate surface area is 158 Å². The summed E-state index contributed by atoms with van der Waals surface area (Å²) in [7, 11) is 0. The molecule has 0 aliphatic carbocycles. The van der Waals surface area contributed by atoms with Gasteiger partial charge in [-0.2, -0.15) is 0 Å². The third-order valence-electron chi connectivity index (χ3n) is 4.54. The Balaban J connectivity index is 1.69. The normalized spacial score (nSPS) is 16.3. The van der Waals surface area contributed by atoms with Gasteiger partial charge in [0.2, 0.25) is 11.8 Å². The number of carbonyl (C=O) groups excluding carboxylic acids is 3. The van der Waals surface area contributed by atoms with Gasteiger partial charge in [0.05, 0.1) is 18.1 Å². The summed E-state index contributed by atoms with van der Waals surface area (Å²) in [4.78, 5) is 38.5. The molecule has 1 saturated heterocycles. The van der Waals surface area contributed by atoms with Gasteiger partial charge in [-0.15, -0.1) is 0 Å². The number of aryl methyl sites for hydroxylation is 1. The maximum absolute atomic E-state index is 12.6. The molecule has 6 nitrogen and oxygen atoms in total. The molecule has 1 atom stereocenters. The van der Waals surface area contributed by atoms with Crippen LogP contribution < -0.4 is 10.2 Å². The van der Waals surface area contributed by atoms with E-state index in [9.17, 15) is 14.4 Å². The molecule has 1 N–H and O–H groups in total. The lowest BCUT2D eigenvalue weighted by Gasteiger charge is -2.19. The van der Waals surface area contributed by atoms with Crippen LogP contribution in [0, 0.1) is 12.8 Å². The molecule has 1 unspecified atom stereocenters. The van der Waals surface area contributed by atoms with Crippen LogP contribution in [0.2, 0.25) is 0 Å². The molecule has 2 aromatic carbocycles. The molecule has 1 heterocycles. The molecule has 0 spiro atoms. The summed E-state index contributed by atoms with van der Waals surface area (Å²) in [6.45, 7) is 4.30. The number of benzene rings is 2. The summed E-state index contributed by atoms with van der Waals surface area (Å²) in [5.74, 6) is -1.18. The number of ether oxygens (including phenoxy) is 1. The Morgan fingerprint density at radius 2 is 1.96 bits per heavy atom. The van der Waals surface area contributed by atoms with Crippen LogP contribution in [0.4, 0.5) is 11.4 Å². The lowest BCUT2D eigenvalue weighted by molar-refractivity contribution is -0.122. The zero-order valence-corrected chi connectivity index (χ0v) is 15.4. The van der Waals surface area contributed by atoms with E-state index in [-0.39, 0.29) is 24.8 Å². The molecular formula is C21H22N2O4. The number of para-hydroxylation sites is 1. The number of hydrogen-bond acceptors (Lipinski definition) is 4. The predicted octanol–water partition coefficient (Wildman–Crippen LogP) is 3.16. The van der Waals surface area contributed by atoms with E-state index in [4.69, 9.17) is 4.74 Å². The number of rotatable bonds is 5. The second-order valence-corrected chi connectivity index (χ2v) is 6.48. The molecular weight excluding hydrogens is 344 g/mol. The van der Waals surface area contributed by atoms with Crippen molar-refractivity contribution >= 4 is 29.2 Å². The third-order valence-corrected chi connectivity index (χ3v) is 4.54. The number of esters is 1. The van der Waals surface area contributed by atoms with Gasteiger partial charge < -0.3 is 15.0 Å². The number of amides is 2. The van der Waals surface area contributed by atoms with Gasteiger partial charge in [0, 0.05) is 24.3 Å². The SMILES string of the molecule is CCOC(=O)c1cccc(NC(=O)C2CC(=O)N(c3ccccc3C)C2)c1. The van der Waals surface area contributed by atoms with E-state index in [1.54, 1.807) is 36.1 Å². The minimum atomic E-state index is -0.441. The second kappa shape index (κ2) is 8.03. The Morgan fingerprint density at radius 3 is 2.70 bits per heavy atom. The fourth-order valence-corrected chi connectivity index (χ4v) is 3.16. The Bertz CT molecular complexity index is 878. The molecule has 6 heteroatoms. The summed E-state index contributed by atoms with van der Waals surface area (Å²) in [5.41, 5.74) is 2.71. The largest absolute Gasteiger partial charge is 0.462 e. The fraction of sp³-hybridized carbons (Fsp3) is 0.286. The average Bonchev–Trinajstić information content (AvgIpc) is 3.04. The highest BCUT2D eigenvalue weighted by molar-refractivity contribution is 6.04. The van der Waals surface area contributed by atoms with Gasteiger partial charge >= 0.3 is 5.97 Å². The zero-order chi connectivity index (χ0) is 19.4. The van der Waals surface area contributed by atoms with Crippen molar-refractivity contribution in [2.75, 3.05) is 23.4 Å². The van der Waals surface area contributed by atoms with Gasteiger partial charge in [0.1, 0.15) is 0 Å². The van der Waals surface area contributed by atoms with E-state index in [2.05, 4.69) is 5.32 Å². The van der Waals surface area contributed by atoms with E-state index in [1.807, 2.05) is 31.2 Å². The summed E-state index contributed by atoms with van der Waals surface area (Å²) in [5, 5.41) is 2.80. The molecule has 1 fully saturated rings. The quantitative estimate of drug-likeness (QED) is 0.825. The van der Waals surface area contributed by atoms with Crippen LogP contribution in [-0.4, -0.2) is 30.9 Å². The maximum atomic E-state index is 12.6. The standard InChI is InChI=1S/C21H22N2O4/c1-3-27-21(26)15-8-6-9-17(11-15)22-20(25)16-12-19(24)23(13-16)18-10-5-4-7-14(18)2/h4-11,16H,3,12-13H2,1-2H3,(H,22,25). The van der Waals surface area contributed by atoms with Gasteiger partial charge in [-0.1, -0.05) is 24.3 Å². The molecule has 2 amide bonds. The van der Waals surface area contributed by atoms with Crippen molar-refractivity contribution < 1.29 is 19.1 Å². The lowest BCUT2D eigenvalue weighted by atomic mass is 10.1. The van der Waals surface area contributed by atoms with Crippen LogP contribution >= 0.6 is 0 Å². The molecule has 0 bridgehead atoms. The first-order valence-electron chi connectivity index (χ1n) is 8.93. The first-order chi connectivity index (χ1) is 13.0. The molecule has 1 aliphatic heterocycles. The summed E-state index contributed by atoms with van der Waals surface area (Å²) >= 11 is 0. The van der Waals surface area contributed by atoms with Gasteiger partial charge in [0.25, 0.3) is 0 Å². The molecule has 0 radical (unpaired) electrons. The van der Waals surface area contributed by atoms with Crippen LogP contribution in [0.1, 0.15) is 29.3 Å². The van der Waals surface area contributed by atoms with Crippen molar-refractivity contribution in [3.63, 3.8) is 0 Å². The Kier molecular flexibility index (Phi) is 5.54. The first kappa shape index (κ1) is 18.6. The summed E-state index contributed by atoms with van der Waals surface area (Å²) < 4.78 is 4.97. The zero-order valence-electron chi connectivity index (χ0n) is 15.4. The topological polar surface area (TPSA) is 75.7 Å². The van der Waals surface area contributed by atoms with E-state index in [0.29, 0.717) is 17.8 Å². The van der Waals surface area contributed by atoms with Crippen LogP contribution in [0.25, 0.3) is 0 Å². The van der Waals surface area contributed by atoms with E-state index in [0.717, 1.165) is 11.3 Å². The van der Waals surface area contributed by atoms with Crippen molar-refractivity contribution in [3.05, 3.63) is 59.7 Å². The highest BCUT2D eigenvalue weighted by atomic mass is 16.5. The van der Waals surface area contributed by atoms with Crippen molar-refractivity contribution in [3.8, 4) is 0 Å². The van der Waals surface area contributed by atoms with E-state index >= 15 is 0 Å². The van der Waals surface area contributed by atoms with Crippen molar-refractivity contribution in [1.82, 2.24) is 0 Å². The number of nitrogens with one attached hydrogen (secondary N) is 1. The third kappa shape index (κ3) is 4.16. The van der Waals surface area contributed by atoms with Gasteiger partial charge in [-0.3, -0.25) is 9.59 Å². The number of carbonyl (C=O) groups is 3. The fourth-order valence-electron chi connectivity index (χ4n) is 3.16. The smallest absolute Gasteiger partial charge is 0.338 e. The van der Waals surface area contributed by atoms with Gasteiger partial charge in [-0.25, -0.2) is 4.79 Å². The van der Waals surface area contributed by atoms with Crippen molar-refractivity contribution in [2.24, 2.45) is 5.92 Å². The van der Waals surface area contributed by atoms with Crippen LogP contribution in [0.5, 0.6) is 0 Å². The molecule has 140 valence electrons. The second-order valence-electron chi connectivity index (χ2n) is 6.48. The molecule has 2 aromatic rings. The van der Waals surface area contributed by atoms with Crippen LogP contribution in [0.3, 0.4) is 0 Å². The first-order valence-corrected chi connectivity index (χ1v) is 8.93. The van der Waals surface area contributed by atoms with Gasteiger partial charge in [0.15, 0.2) is 0 Å². The van der Waals surface area contributed by atoms with Crippen molar-refractivity contribution in [1.29, 1.82) is 0 Å². The minimum absolute atomic E-state index is 0.0651. The van der Waals surface area contributed by atoms with Crippen LogP contribution in [-0.2, 0) is 14.3 Å². The predicted molar refractivity (Wildman–Crippen MR) is 103 cm³/mol. The van der Waals surface area contributed by atoms with Crippen LogP contribution in [0.15, 0.2) is 48.5 Å². The summed E-state index contributed by atoms with van der Waals surface area (Å²) in [6, 6.07) is 14.2. The number of anilines is 2. The Hall–Kier alpha value is -3.15. The highest BCUT2D eigenvalue weighted by Crippen LogP contribution is 2.28. The lowest BCUT2D eigenvalue weighted by Crippen LogP contribution is -2.28. The highest BCUT2D eigenvalue weighted by Gasteiger charge is 2.35. The number of hydrogen-bond donors (Lipinski definition) is 1. The molecule has 1 aliphatic rings. The van der Waals surface area contributed by atoms with E-state index in [1.165, 1.54) is 0 Å². The van der Waals surface area contributed by atoms with Gasteiger partial charge in [-0.05, 0) is 43.7 Å².